The Hall–Kier alpha value is -4.07. The normalized spacial score (nSPS) is 24.4. The molecule has 1 aliphatic heterocycles. The van der Waals surface area contributed by atoms with Crippen LogP contribution in [0.25, 0.3) is 32.7 Å². The van der Waals surface area contributed by atoms with E-state index in [4.69, 9.17) is 27.8 Å². The van der Waals surface area contributed by atoms with Gasteiger partial charge in [0.1, 0.15) is 6.10 Å². The second-order valence-electron chi connectivity index (χ2n) is 8.32. The highest BCUT2D eigenvalue weighted by molar-refractivity contribution is 6.22. The van der Waals surface area contributed by atoms with E-state index in [-0.39, 0.29) is 38.5 Å². The molecule has 1 fully saturated rings. The van der Waals surface area contributed by atoms with Crippen LogP contribution in [0.5, 0.6) is 23.0 Å². The summed E-state index contributed by atoms with van der Waals surface area (Å²) in [6, 6.07) is 2.10. The van der Waals surface area contributed by atoms with Crippen molar-refractivity contribution in [3.63, 3.8) is 0 Å². The van der Waals surface area contributed by atoms with Crippen LogP contribution >= 0.6 is 0 Å². The van der Waals surface area contributed by atoms with Crippen LogP contribution in [0, 0.1) is 0 Å². The van der Waals surface area contributed by atoms with Gasteiger partial charge in [0.05, 0.1) is 24.0 Å². The van der Waals surface area contributed by atoms with Crippen molar-refractivity contribution < 1.29 is 53.0 Å². The third-order valence-corrected chi connectivity index (χ3v) is 6.03. The molecule has 2 aromatic carbocycles. The van der Waals surface area contributed by atoms with Gasteiger partial charge in [-0.25, -0.2) is 9.59 Å². The van der Waals surface area contributed by atoms with Crippen LogP contribution in [0.15, 0.2) is 30.6 Å². The maximum Gasteiger partial charge on any atom is 0.344 e. The number of aliphatic hydroxyl groups excluding tert-OH is 2. The fourth-order valence-corrected chi connectivity index (χ4v) is 4.41. The molecule has 0 unspecified atom stereocenters. The van der Waals surface area contributed by atoms with Crippen molar-refractivity contribution in [3.8, 4) is 23.0 Å². The van der Waals surface area contributed by atoms with Crippen LogP contribution in [-0.4, -0.2) is 64.2 Å². The Morgan fingerprint density at radius 2 is 1.44 bits per heavy atom. The highest BCUT2D eigenvalue weighted by Crippen LogP contribution is 2.46. The molecule has 1 saturated heterocycles. The quantitative estimate of drug-likeness (QED) is 0.172. The summed E-state index contributed by atoms with van der Waals surface area (Å²) in [5.74, 6) is -2.59. The molecule has 13 nitrogen and oxygen atoms in total. The van der Waals surface area contributed by atoms with Gasteiger partial charge in [-0.3, -0.25) is 4.79 Å². The number of carbonyl (C=O) groups is 1. The fraction of sp³-hybridized carbons (Fsp3) is 0.348. The number of esters is 1. The minimum Gasteiger partial charge on any atom is -0.504 e. The SMILES string of the molecule is COc1c(O)cc2c(=O)oc3c(O[C@@H]4O[C@@H](C)[C@@H](O)[C@@H](OC(C)=O)[C@H]4O)c(O)cc4c(=O)oc1c2c34. The van der Waals surface area contributed by atoms with Gasteiger partial charge in [0, 0.05) is 17.7 Å². The van der Waals surface area contributed by atoms with E-state index in [0.717, 1.165) is 19.1 Å². The number of phenols is 2. The lowest BCUT2D eigenvalue weighted by Crippen LogP contribution is -2.59. The predicted octanol–water partition coefficient (Wildman–Crippen LogP) is 0.687. The number of ether oxygens (including phenoxy) is 4. The van der Waals surface area contributed by atoms with E-state index in [0.29, 0.717) is 0 Å². The molecule has 0 bridgehead atoms. The van der Waals surface area contributed by atoms with Crippen molar-refractivity contribution in [3.05, 3.63) is 33.0 Å². The third-order valence-electron chi connectivity index (χ3n) is 6.03. The molecule has 4 aromatic rings. The van der Waals surface area contributed by atoms with E-state index in [1.165, 1.54) is 14.0 Å². The smallest absolute Gasteiger partial charge is 0.344 e. The zero-order valence-electron chi connectivity index (χ0n) is 19.0. The molecule has 190 valence electrons. The van der Waals surface area contributed by atoms with Crippen LogP contribution in [0.4, 0.5) is 0 Å². The molecule has 13 heteroatoms. The summed E-state index contributed by atoms with van der Waals surface area (Å²) < 4.78 is 32.0. The number of methoxy groups -OCH3 is 1. The number of carbonyl (C=O) groups excluding carboxylic acids is 1. The Labute approximate surface area is 199 Å². The zero-order chi connectivity index (χ0) is 26.0. The maximum absolute atomic E-state index is 12.8. The summed E-state index contributed by atoms with van der Waals surface area (Å²) >= 11 is 0. The molecular weight excluding hydrogens is 484 g/mol. The Morgan fingerprint density at radius 3 is 1.97 bits per heavy atom. The monoisotopic (exact) mass is 504 g/mol. The molecule has 0 amide bonds. The predicted molar refractivity (Wildman–Crippen MR) is 120 cm³/mol. The van der Waals surface area contributed by atoms with Gasteiger partial charge in [-0.05, 0) is 19.1 Å². The van der Waals surface area contributed by atoms with E-state index in [1.54, 1.807) is 0 Å². The molecule has 0 saturated carbocycles. The van der Waals surface area contributed by atoms with Gasteiger partial charge in [0.25, 0.3) is 0 Å². The second-order valence-corrected chi connectivity index (χ2v) is 8.32. The topological polar surface area (TPSA) is 195 Å². The molecule has 5 atom stereocenters. The number of benzene rings is 2. The summed E-state index contributed by atoms with van der Waals surface area (Å²) in [7, 11) is 1.23. The molecule has 5 rings (SSSR count). The van der Waals surface area contributed by atoms with Gasteiger partial charge in [-0.2, -0.15) is 0 Å². The number of phenolic OH excluding ortho intramolecular Hbond substituents is 2. The standard InChI is InChI=1S/C23H20O13/c1-6-14(27)20(33-7(2)24)15(28)23(32-6)36-17-11(26)5-9-13-12-8(22(30)35-19(13)17)4-10(25)16(31-3)18(12)34-21(9)29/h4-6,14-15,20,23,25-28H,1-3H3/t6-,14+,15+,20+,23-/m0/s1. The molecule has 1 aliphatic rings. The minimum absolute atomic E-state index is 0.0110. The van der Waals surface area contributed by atoms with Crippen molar-refractivity contribution in [2.75, 3.05) is 7.11 Å². The molecule has 4 N–H and O–H groups in total. The minimum atomic E-state index is -1.72. The van der Waals surface area contributed by atoms with Crippen LogP contribution in [0.1, 0.15) is 13.8 Å². The van der Waals surface area contributed by atoms with E-state index in [9.17, 15) is 34.8 Å². The summed E-state index contributed by atoms with van der Waals surface area (Å²) in [5, 5.41) is 41.7. The third kappa shape index (κ3) is 3.39. The first-order chi connectivity index (χ1) is 17.0. The van der Waals surface area contributed by atoms with Gasteiger partial charge < -0.3 is 48.2 Å². The van der Waals surface area contributed by atoms with E-state index in [1.807, 2.05) is 0 Å². The highest BCUT2D eigenvalue weighted by Gasteiger charge is 2.46. The van der Waals surface area contributed by atoms with Gasteiger partial charge in [-0.15, -0.1) is 0 Å². The van der Waals surface area contributed by atoms with Crippen molar-refractivity contribution in [1.82, 2.24) is 0 Å². The molecule has 0 aliphatic carbocycles. The number of aliphatic hydroxyl groups is 2. The Morgan fingerprint density at radius 1 is 0.917 bits per heavy atom. The Kier molecular flexibility index (Phi) is 5.43. The number of rotatable bonds is 4. The first kappa shape index (κ1) is 23.7. The summed E-state index contributed by atoms with van der Waals surface area (Å²) in [4.78, 5) is 37.0. The van der Waals surface area contributed by atoms with Gasteiger partial charge in [0.2, 0.25) is 17.8 Å². The van der Waals surface area contributed by atoms with Crippen molar-refractivity contribution in [2.45, 2.75) is 44.6 Å². The van der Waals surface area contributed by atoms with Crippen LogP contribution in [-0.2, 0) is 14.3 Å². The maximum atomic E-state index is 12.8. The van der Waals surface area contributed by atoms with E-state index < -0.39 is 65.2 Å². The van der Waals surface area contributed by atoms with E-state index in [2.05, 4.69) is 0 Å². The number of hydrogen-bond donors (Lipinski definition) is 4. The van der Waals surface area contributed by atoms with Gasteiger partial charge >= 0.3 is 17.2 Å². The van der Waals surface area contributed by atoms with Crippen molar-refractivity contribution >= 4 is 38.7 Å². The van der Waals surface area contributed by atoms with Crippen LogP contribution in [0.3, 0.4) is 0 Å². The largest absolute Gasteiger partial charge is 0.504 e. The lowest BCUT2D eigenvalue weighted by Gasteiger charge is -2.40. The first-order valence-electron chi connectivity index (χ1n) is 10.7. The summed E-state index contributed by atoms with van der Waals surface area (Å²) in [5.41, 5.74) is -2.52. The summed E-state index contributed by atoms with van der Waals surface area (Å²) in [6.07, 6.45) is -7.11. The fourth-order valence-electron chi connectivity index (χ4n) is 4.41. The molecular formula is C23H20O13. The lowest BCUT2D eigenvalue weighted by atomic mass is 9.99. The van der Waals surface area contributed by atoms with E-state index >= 15 is 0 Å². The highest BCUT2D eigenvalue weighted by atomic mass is 16.7. The average molecular weight is 504 g/mol. The molecule has 2 aromatic heterocycles. The van der Waals surface area contributed by atoms with Gasteiger partial charge in [0.15, 0.2) is 34.9 Å². The van der Waals surface area contributed by atoms with Crippen LogP contribution < -0.4 is 20.7 Å². The van der Waals surface area contributed by atoms with Crippen LogP contribution in [0.2, 0.25) is 0 Å². The van der Waals surface area contributed by atoms with Crippen molar-refractivity contribution in [1.29, 1.82) is 0 Å². The first-order valence-corrected chi connectivity index (χ1v) is 10.7. The molecule has 0 spiro atoms. The second kappa shape index (κ2) is 8.26. The Balaban J connectivity index is 1.74. The van der Waals surface area contributed by atoms with Gasteiger partial charge in [-0.1, -0.05) is 0 Å². The summed E-state index contributed by atoms with van der Waals surface area (Å²) in [6.45, 7) is 2.53. The lowest BCUT2D eigenvalue weighted by molar-refractivity contribution is -0.272. The molecule has 3 heterocycles. The zero-order valence-corrected chi connectivity index (χ0v) is 19.0. The molecule has 0 radical (unpaired) electrons. The molecule has 36 heavy (non-hydrogen) atoms. The number of hydrogen-bond acceptors (Lipinski definition) is 13. The van der Waals surface area contributed by atoms with Crippen molar-refractivity contribution in [2.24, 2.45) is 0 Å². The Bertz CT molecular complexity index is 1620. The average Bonchev–Trinajstić information content (AvgIpc) is 2.81. The number of aromatic hydroxyl groups is 2.